The highest BCUT2D eigenvalue weighted by Gasteiger charge is 2.33. The second-order valence-electron chi connectivity index (χ2n) is 7.37. The van der Waals surface area contributed by atoms with Gasteiger partial charge in [-0.2, -0.15) is 0 Å². The van der Waals surface area contributed by atoms with Gasteiger partial charge in [-0.15, -0.1) is 32.9 Å². The van der Waals surface area contributed by atoms with E-state index in [0.29, 0.717) is 16.9 Å². The number of ether oxygens (including phenoxy) is 1. The zero-order chi connectivity index (χ0) is 21.6. The van der Waals surface area contributed by atoms with Gasteiger partial charge in [0, 0.05) is 22.9 Å². The van der Waals surface area contributed by atoms with E-state index >= 15 is 0 Å². The maximum atomic E-state index is 12.3. The van der Waals surface area contributed by atoms with Crippen LogP contribution in [0.2, 0.25) is 0 Å². The van der Waals surface area contributed by atoms with Gasteiger partial charge in [0.1, 0.15) is 4.83 Å². The average Bonchev–Trinajstić information content (AvgIpc) is 3.50. The minimum atomic E-state index is -0.179. The van der Waals surface area contributed by atoms with Gasteiger partial charge in [-0.05, 0) is 25.2 Å². The quantitative estimate of drug-likeness (QED) is 0.311. The predicted molar refractivity (Wildman–Crippen MR) is 127 cm³/mol. The topological polar surface area (TPSA) is 94.3 Å². The average molecular weight is 493 g/mol. The largest absolute Gasteiger partial charge is 0.369 e. The summed E-state index contributed by atoms with van der Waals surface area (Å²) < 4.78 is 8.11. The molecule has 4 aromatic rings. The number of anilines is 1. The Morgan fingerprint density at radius 1 is 1.39 bits per heavy atom. The smallest absolute Gasteiger partial charge is 0.236 e. The number of thioether (sulfide) groups is 2. The van der Waals surface area contributed by atoms with Crippen LogP contribution in [0.3, 0.4) is 0 Å². The van der Waals surface area contributed by atoms with Crippen molar-refractivity contribution in [3.8, 4) is 0 Å². The Morgan fingerprint density at radius 3 is 3.00 bits per heavy atom. The number of carbonyl (C=O) groups is 1. The first kappa shape index (κ1) is 21.1. The minimum Gasteiger partial charge on any atom is -0.369 e. The monoisotopic (exact) mass is 492 g/mol. The van der Waals surface area contributed by atoms with Crippen molar-refractivity contribution >= 4 is 73.1 Å². The summed E-state index contributed by atoms with van der Waals surface area (Å²) in [5.74, 6) is 0.0932. The summed E-state index contributed by atoms with van der Waals surface area (Å²) in [6.07, 6.45) is 5.43. The number of hydrogen-bond donors (Lipinski definition) is 1. The number of hydrogen-bond acceptors (Lipinski definition) is 10. The third-order valence-electron chi connectivity index (χ3n) is 5.36. The number of thiophene rings is 1. The fraction of sp³-hybridized carbons (Fsp3) is 0.421. The summed E-state index contributed by atoms with van der Waals surface area (Å²) in [6.45, 7) is 4.92. The van der Waals surface area contributed by atoms with E-state index < -0.39 is 0 Å². The molecule has 0 radical (unpaired) electrons. The summed E-state index contributed by atoms with van der Waals surface area (Å²) in [6, 6.07) is 0. The van der Waals surface area contributed by atoms with Crippen molar-refractivity contribution in [3.63, 3.8) is 0 Å². The Labute approximate surface area is 195 Å². The molecular weight excluding hydrogens is 473 g/mol. The van der Waals surface area contributed by atoms with Crippen LogP contribution in [0, 0.1) is 0 Å². The number of rotatable bonds is 6. The molecule has 5 rings (SSSR count). The van der Waals surface area contributed by atoms with Gasteiger partial charge in [0.25, 0.3) is 0 Å². The van der Waals surface area contributed by atoms with E-state index in [1.165, 1.54) is 33.5 Å². The second kappa shape index (κ2) is 8.32. The molecule has 8 nitrogen and oxygen atoms in total. The Hall–Kier alpha value is -1.73. The van der Waals surface area contributed by atoms with Crippen molar-refractivity contribution in [2.45, 2.75) is 49.2 Å². The molecule has 162 valence electrons. The fourth-order valence-electron chi connectivity index (χ4n) is 3.54. The van der Waals surface area contributed by atoms with Crippen LogP contribution in [0.1, 0.15) is 30.7 Å². The lowest BCUT2D eigenvalue weighted by Gasteiger charge is -2.32. The van der Waals surface area contributed by atoms with Crippen molar-refractivity contribution in [1.29, 1.82) is 0 Å². The van der Waals surface area contributed by atoms with Gasteiger partial charge >= 0.3 is 0 Å². The van der Waals surface area contributed by atoms with Crippen molar-refractivity contribution in [3.05, 3.63) is 22.0 Å². The highest BCUT2D eigenvalue weighted by Crippen LogP contribution is 2.42. The third-order valence-corrected chi connectivity index (χ3v) is 8.72. The molecule has 1 N–H and O–H groups in total. The molecule has 0 saturated heterocycles. The SMILES string of the molecule is CC[C@]1(C)Cc2c(sc3nc(SC)n4c(SCC(=O)Nc5nccs5)nnc4c23)CO1. The van der Waals surface area contributed by atoms with E-state index in [1.54, 1.807) is 29.3 Å². The number of nitrogens with zero attached hydrogens (tertiary/aromatic N) is 5. The highest BCUT2D eigenvalue weighted by molar-refractivity contribution is 8.00. The predicted octanol–water partition coefficient (Wildman–Crippen LogP) is 4.49. The van der Waals surface area contributed by atoms with E-state index in [1.807, 2.05) is 16.0 Å². The van der Waals surface area contributed by atoms with Crippen molar-refractivity contribution in [1.82, 2.24) is 24.6 Å². The maximum Gasteiger partial charge on any atom is 0.236 e. The van der Waals surface area contributed by atoms with Gasteiger partial charge in [-0.1, -0.05) is 30.4 Å². The summed E-state index contributed by atoms with van der Waals surface area (Å²) in [7, 11) is 0. The van der Waals surface area contributed by atoms with Gasteiger partial charge in [0.05, 0.1) is 23.3 Å². The number of amides is 1. The van der Waals surface area contributed by atoms with Gasteiger partial charge < -0.3 is 10.1 Å². The van der Waals surface area contributed by atoms with Crippen molar-refractivity contribution in [2.75, 3.05) is 17.3 Å². The number of carbonyl (C=O) groups excluding carboxylic acids is 1. The molecule has 1 atom stereocenters. The summed E-state index contributed by atoms with van der Waals surface area (Å²) in [4.78, 5) is 23.5. The molecule has 0 saturated carbocycles. The lowest BCUT2D eigenvalue weighted by molar-refractivity contribution is -0.113. The molecule has 1 aliphatic heterocycles. The van der Waals surface area contributed by atoms with Gasteiger partial charge in [0.2, 0.25) is 5.91 Å². The molecule has 0 aromatic carbocycles. The number of fused-ring (bicyclic) bond motifs is 5. The fourth-order valence-corrected chi connectivity index (χ4v) is 6.57. The normalized spacial score (nSPS) is 18.5. The van der Waals surface area contributed by atoms with Crippen LogP contribution in [0.5, 0.6) is 0 Å². The van der Waals surface area contributed by atoms with E-state index in [9.17, 15) is 4.79 Å². The van der Waals surface area contributed by atoms with E-state index in [4.69, 9.17) is 9.72 Å². The molecule has 4 aromatic heterocycles. The molecule has 0 unspecified atom stereocenters. The summed E-state index contributed by atoms with van der Waals surface area (Å²) >= 11 is 5.96. The Kier molecular flexibility index (Phi) is 5.67. The first-order chi connectivity index (χ1) is 15.0. The Bertz CT molecular complexity index is 1270. The van der Waals surface area contributed by atoms with Crippen LogP contribution >= 0.6 is 46.2 Å². The Morgan fingerprint density at radius 2 is 2.26 bits per heavy atom. The first-order valence-corrected chi connectivity index (χ1v) is 13.6. The second-order valence-corrected chi connectivity index (χ2v) is 11.1. The van der Waals surface area contributed by atoms with Gasteiger partial charge in [-0.3, -0.25) is 4.79 Å². The van der Waals surface area contributed by atoms with Crippen LogP contribution in [0.25, 0.3) is 15.9 Å². The zero-order valence-electron chi connectivity index (χ0n) is 17.2. The molecule has 5 heterocycles. The van der Waals surface area contributed by atoms with Crippen LogP contribution < -0.4 is 5.32 Å². The molecule has 0 fully saturated rings. The molecule has 1 amide bonds. The first-order valence-electron chi connectivity index (χ1n) is 9.71. The standard InChI is InChI=1S/C19H20N6O2S4/c1-4-19(2)7-10-11(8-27-19)31-15-13(10)14-23-24-18(25(14)17(22-15)28-3)30-9-12(26)21-16-20-5-6-29-16/h5-6H,4,7-9H2,1-3H3,(H,20,21,26)/t19-/m1/s1. The molecule has 0 bridgehead atoms. The van der Waals surface area contributed by atoms with Crippen LogP contribution in [0.15, 0.2) is 21.9 Å². The maximum absolute atomic E-state index is 12.3. The number of thiazole rings is 1. The molecule has 0 spiro atoms. The molecule has 0 aliphatic carbocycles. The van der Waals surface area contributed by atoms with Gasteiger partial charge in [0.15, 0.2) is 21.1 Å². The number of nitrogens with one attached hydrogen (secondary N) is 1. The van der Waals surface area contributed by atoms with Crippen LogP contribution in [-0.2, 0) is 22.6 Å². The van der Waals surface area contributed by atoms with Crippen LogP contribution in [0.4, 0.5) is 5.13 Å². The molecular formula is C19H20N6O2S4. The van der Waals surface area contributed by atoms with Crippen molar-refractivity contribution < 1.29 is 9.53 Å². The zero-order valence-corrected chi connectivity index (χ0v) is 20.4. The summed E-state index contributed by atoms with van der Waals surface area (Å²) in [5.41, 5.74) is 1.89. The van der Waals surface area contributed by atoms with E-state index in [2.05, 4.69) is 34.3 Å². The minimum absolute atomic E-state index is 0.125. The third kappa shape index (κ3) is 3.84. The summed E-state index contributed by atoms with van der Waals surface area (Å²) in [5, 5.41) is 16.7. The van der Waals surface area contributed by atoms with Crippen LogP contribution in [-0.4, -0.2) is 48.1 Å². The van der Waals surface area contributed by atoms with Gasteiger partial charge in [-0.25, -0.2) is 14.4 Å². The molecule has 1 aliphatic rings. The van der Waals surface area contributed by atoms with Crippen molar-refractivity contribution in [2.24, 2.45) is 0 Å². The lowest BCUT2D eigenvalue weighted by atomic mass is 9.90. The molecule has 12 heteroatoms. The Balaban J connectivity index is 1.52. The molecule has 31 heavy (non-hydrogen) atoms. The van der Waals surface area contributed by atoms with E-state index in [-0.39, 0.29) is 17.3 Å². The lowest BCUT2D eigenvalue weighted by Crippen LogP contribution is -2.33. The van der Waals surface area contributed by atoms with E-state index in [0.717, 1.165) is 33.9 Å². The highest BCUT2D eigenvalue weighted by atomic mass is 32.2. The number of aromatic nitrogens is 5.